The van der Waals surface area contributed by atoms with Crippen LogP contribution in [-0.2, 0) is 26.2 Å². The molecule has 8 heteroatoms. The molecule has 2 aromatic rings. The van der Waals surface area contributed by atoms with E-state index in [-0.39, 0.29) is 24.8 Å². The third-order valence-corrected chi connectivity index (χ3v) is 7.32. The Bertz CT molecular complexity index is 1100. The molecule has 2 rings (SSSR count). The molecule has 0 saturated heterocycles. The summed E-state index contributed by atoms with van der Waals surface area (Å²) in [7, 11) is -3.51. The van der Waals surface area contributed by atoms with Gasteiger partial charge >= 0.3 is 0 Å². The van der Waals surface area contributed by atoms with Crippen LogP contribution in [0.5, 0.6) is 0 Å². The molecule has 0 fully saturated rings. The van der Waals surface area contributed by atoms with Crippen molar-refractivity contribution in [3.05, 3.63) is 65.2 Å². The second-order valence-electron chi connectivity index (χ2n) is 8.99. The van der Waals surface area contributed by atoms with Crippen molar-refractivity contribution in [1.29, 1.82) is 0 Å². The van der Waals surface area contributed by atoms with Gasteiger partial charge in [0, 0.05) is 26.1 Å². The number of anilines is 1. The van der Waals surface area contributed by atoms with E-state index in [0.717, 1.165) is 29.5 Å². The average Bonchev–Trinajstić information content (AvgIpc) is 2.80. The van der Waals surface area contributed by atoms with Crippen LogP contribution in [0, 0.1) is 13.8 Å². The predicted molar refractivity (Wildman–Crippen MR) is 142 cm³/mol. The molecule has 35 heavy (non-hydrogen) atoms. The zero-order chi connectivity index (χ0) is 26.0. The van der Waals surface area contributed by atoms with E-state index in [9.17, 15) is 18.0 Å². The number of unbranched alkanes of at least 4 members (excludes halogenated alkanes) is 1. The van der Waals surface area contributed by atoms with Crippen molar-refractivity contribution in [2.75, 3.05) is 23.7 Å². The lowest BCUT2D eigenvalue weighted by atomic mass is 10.1. The molecule has 7 nitrogen and oxygen atoms in total. The van der Waals surface area contributed by atoms with Crippen LogP contribution < -0.4 is 9.62 Å². The maximum atomic E-state index is 13.3. The highest BCUT2D eigenvalue weighted by molar-refractivity contribution is 7.92. The molecule has 2 amide bonds. The fourth-order valence-electron chi connectivity index (χ4n) is 3.92. The Hall–Kier alpha value is -2.87. The lowest BCUT2D eigenvalue weighted by Gasteiger charge is -2.30. The molecule has 0 heterocycles. The summed E-state index contributed by atoms with van der Waals surface area (Å²) in [6, 6.07) is 14.5. The molecule has 0 bridgehead atoms. The van der Waals surface area contributed by atoms with E-state index < -0.39 is 16.1 Å². The van der Waals surface area contributed by atoms with Crippen molar-refractivity contribution in [1.82, 2.24) is 10.2 Å². The molecule has 0 aromatic heterocycles. The Morgan fingerprint density at radius 1 is 0.971 bits per heavy atom. The monoisotopic (exact) mass is 501 g/mol. The summed E-state index contributed by atoms with van der Waals surface area (Å²) < 4.78 is 26.3. The number of aryl methyl sites for hydroxylation is 2. The first-order valence-electron chi connectivity index (χ1n) is 12.2. The van der Waals surface area contributed by atoms with Crippen LogP contribution in [0.1, 0.15) is 56.2 Å². The Morgan fingerprint density at radius 3 is 2.20 bits per heavy atom. The smallest absolute Gasteiger partial charge is 0.242 e. The Balaban J connectivity index is 2.16. The highest BCUT2D eigenvalue weighted by Gasteiger charge is 2.27. The predicted octanol–water partition coefficient (Wildman–Crippen LogP) is 4.18. The summed E-state index contributed by atoms with van der Waals surface area (Å²) in [5.74, 6) is -0.359. The molecule has 192 valence electrons. The molecule has 0 aliphatic rings. The van der Waals surface area contributed by atoms with E-state index in [2.05, 4.69) is 12.2 Å². The number of hydrogen-bond donors (Lipinski definition) is 1. The SMILES string of the molecule is CCCCNC(=O)[C@H](C)N(Cc1ccccc1C)C(=O)CCCN(c1ccccc1C)S(C)(=O)=O. The zero-order valence-corrected chi connectivity index (χ0v) is 22.4. The third-order valence-electron chi connectivity index (χ3n) is 6.14. The van der Waals surface area contributed by atoms with Gasteiger partial charge in [-0.25, -0.2) is 8.42 Å². The highest BCUT2D eigenvalue weighted by atomic mass is 32.2. The molecule has 0 unspecified atom stereocenters. The van der Waals surface area contributed by atoms with Crippen LogP contribution in [-0.4, -0.2) is 50.5 Å². The molecule has 0 spiro atoms. The number of carbonyl (C=O) groups excluding carboxylic acids is 2. The number of sulfonamides is 1. The fraction of sp³-hybridized carbons (Fsp3) is 0.481. The zero-order valence-electron chi connectivity index (χ0n) is 21.6. The first-order chi connectivity index (χ1) is 16.6. The number of nitrogens with one attached hydrogen (secondary N) is 1. The average molecular weight is 502 g/mol. The van der Waals surface area contributed by atoms with Gasteiger partial charge in [-0.15, -0.1) is 0 Å². The number of amides is 2. The van der Waals surface area contributed by atoms with Crippen LogP contribution in [0.25, 0.3) is 0 Å². The third kappa shape index (κ3) is 8.38. The van der Waals surface area contributed by atoms with Crippen LogP contribution in [0.2, 0.25) is 0 Å². The van der Waals surface area contributed by atoms with E-state index in [4.69, 9.17) is 0 Å². The van der Waals surface area contributed by atoms with Gasteiger partial charge in [-0.1, -0.05) is 55.8 Å². The number of benzene rings is 2. The number of nitrogens with zero attached hydrogens (tertiary/aromatic N) is 2. The second-order valence-corrected chi connectivity index (χ2v) is 10.9. The van der Waals surface area contributed by atoms with E-state index in [0.29, 0.717) is 25.2 Å². The minimum absolute atomic E-state index is 0.135. The standard InChI is InChI=1S/C27H39N3O4S/c1-6-7-18-28-27(32)23(4)29(20-24-15-10-8-13-21(24)2)26(31)17-12-19-30(35(5,33)34)25-16-11-9-14-22(25)3/h8-11,13-16,23H,6-7,12,17-20H2,1-5H3,(H,28,32)/t23-/m0/s1. The second kappa shape index (κ2) is 13.3. The molecule has 2 aromatic carbocycles. The number of hydrogen-bond acceptors (Lipinski definition) is 4. The summed E-state index contributed by atoms with van der Waals surface area (Å²) in [5, 5.41) is 2.92. The van der Waals surface area contributed by atoms with Crippen LogP contribution in [0.4, 0.5) is 5.69 Å². The van der Waals surface area contributed by atoms with Gasteiger partial charge in [0.05, 0.1) is 11.9 Å². The van der Waals surface area contributed by atoms with Crippen LogP contribution in [0.15, 0.2) is 48.5 Å². The fourth-order valence-corrected chi connectivity index (χ4v) is 4.94. The Kier molecular flexibility index (Phi) is 10.8. The summed E-state index contributed by atoms with van der Waals surface area (Å²) >= 11 is 0. The molecule has 0 saturated carbocycles. The van der Waals surface area contributed by atoms with Gasteiger partial charge in [0.15, 0.2) is 0 Å². The molecule has 1 atom stereocenters. The van der Waals surface area contributed by atoms with Gasteiger partial charge in [0.25, 0.3) is 0 Å². The van der Waals surface area contributed by atoms with Crippen molar-refractivity contribution in [3.8, 4) is 0 Å². The van der Waals surface area contributed by atoms with Gasteiger partial charge in [0.1, 0.15) is 6.04 Å². The minimum atomic E-state index is -3.51. The summed E-state index contributed by atoms with van der Waals surface area (Å²) in [5.41, 5.74) is 3.49. The largest absolute Gasteiger partial charge is 0.354 e. The normalized spacial score (nSPS) is 12.1. The summed E-state index contributed by atoms with van der Waals surface area (Å²) in [6.07, 6.45) is 3.50. The number of rotatable bonds is 13. The van der Waals surface area contributed by atoms with Crippen LogP contribution in [0.3, 0.4) is 0 Å². The highest BCUT2D eigenvalue weighted by Crippen LogP contribution is 2.23. The number of carbonyl (C=O) groups is 2. The molecule has 0 radical (unpaired) electrons. The lowest BCUT2D eigenvalue weighted by Crippen LogP contribution is -2.48. The Morgan fingerprint density at radius 2 is 1.60 bits per heavy atom. The lowest BCUT2D eigenvalue weighted by molar-refractivity contribution is -0.140. The summed E-state index contributed by atoms with van der Waals surface area (Å²) in [6.45, 7) is 8.73. The molecule has 1 N–H and O–H groups in total. The van der Waals surface area contributed by atoms with Gasteiger partial charge < -0.3 is 10.2 Å². The van der Waals surface area contributed by atoms with Crippen molar-refractivity contribution < 1.29 is 18.0 Å². The minimum Gasteiger partial charge on any atom is -0.354 e. The van der Waals surface area contributed by atoms with E-state index >= 15 is 0 Å². The maximum Gasteiger partial charge on any atom is 0.242 e. The molecule has 0 aliphatic carbocycles. The first-order valence-corrected chi connectivity index (χ1v) is 14.1. The first kappa shape index (κ1) is 28.4. The topological polar surface area (TPSA) is 86.8 Å². The summed E-state index contributed by atoms with van der Waals surface area (Å²) in [4.78, 5) is 27.7. The van der Waals surface area contributed by atoms with E-state index in [1.54, 1.807) is 24.0 Å². The van der Waals surface area contributed by atoms with Gasteiger partial charge in [-0.3, -0.25) is 13.9 Å². The van der Waals surface area contributed by atoms with Gasteiger partial charge in [-0.05, 0) is 56.4 Å². The van der Waals surface area contributed by atoms with E-state index in [1.807, 2.05) is 50.2 Å². The van der Waals surface area contributed by atoms with Crippen molar-refractivity contribution in [2.24, 2.45) is 0 Å². The van der Waals surface area contributed by atoms with Crippen molar-refractivity contribution in [3.63, 3.8) is 0 Å². The van der Waals surface area contributed by atoms with Crippen molar-refractivity contribution in [2.45, 2.75) is 66.0 Å². The van der Waals surface area contributed by atoms with Crippen LogP contribution >= 0.6 is 0 Å². The van der Waals surface area contributed by atoms with Crippen molar-refractivity contribution >= 4 is 27.5 Å². The number of para-hydroxylation sites is 1. The van der Waals surface area contributed by atoms with Gasteiger partial charge in [0.2, 0.25) is 21.8 Å². The quantitative estimate of drug-likeness (QED) is 0.417. The Labute approximate surface area is 210 Å². The molecule has 0 aliphatic heterocycles. The van der Waals surface area contributed by atoms with Gasteiger partial charge in [-0.2, -0.15) is 0 Å². The molecular formula is C27H39N3O4S. The molecular weight excluding hydrogens is 462 g/mol. The maximum absolute atomic E-state index is 13.3. The van der Waals surface area contributed by atoms with E-state index in [1.165, 1.54) is 10.6 Å².